The van der Waals surface area contributed by atoms with Crippen molar-refractivity contribution in [3.8, 4) is 5.75 Å². The smallest absolute Gasteiger partial charge is 0.228 e. The van der Waals surface area contributed by atoms with Crippen LogP contribution in [-0.2, 0) is 9.59 Å². The standard InChI is InChI=1S/C17H21NO4/c1-10-7-14(15(17(20)21)8-11(10)2)16(19)18-12-5-4-6-13(9-12)22-3/h4-6,9,14-15H,7-8H2,1-3H3,(H,18,19)(H,20,21)/p-1/t14-,15+/m1/s1. The van der Waals surface area contributed by atoms with Gasteiger partial charge in [-0.2, -0.15) is 0 Å². The number of ether oxygens (including phenoxy) is 1. The molecule has 1 amide bonds. The van der Waals surface area contributed by atoms with Crippen molar-refractivity contribution in [2.45, 2.75) is 26.7 Å². The second kappa shape index (κ2) is 6.64. The molecule has 0 spiro atoms. The molecule has 5 heteroatoms. The van der Waals surface area contributed by atoms with E-state index in [-0.39, 0.29) is 5.91 Å². The summed E-state index contributed by atoms with van der Waals surface area (Å²) in [6, 6.07) is 6.98. The van der Waals surface area contributed by atoms with E-state index >= 15 is 0 Å². The van der Waals surface area contributed by atoms with Gasteiger partial charge in [-0.1, -0.05) is 17.2 Å². The van der Waals surface area contributed by atoms with Crippen LogP contribution < -0.4 is 15.2 Å². The molecule has 0 heterocycles. The van der Waals surface area contributed by atoms with Crippen LogP contribution in [0.3, 0.4) is 0 Å². The number of hydrogen-bond donors (Lipinski definition) is 1. The highest BCUT2D eigenvalue weighted by atomic mass is 16.5. The van der Waals surface area contributed by atoms with E-state index < -0.39 is 17.8 Å². The minimum absolute atomic E-state index is 0.297. The van der Waals surface area contributed by atoms with E-state index in [0.29, 0.717) is 24.3 Å². The first-order valence-corrected chi connectivity index (χ1v) is 7.23. The third-order valence-electron chi connectivity index (χ3n) is 4.24. The Balaban J connectivity index is 2.18. The SMILES string of the molecule is COc1cccc(NC(=O)[C@@H]2CC(C)=C(C)C[C@@H]2C(=O)[O-])c1. The summed E-state index contributed by atoms with van der Waals surface area (Å²) in [6.45, 7) is 3.84. The Morgan fingerprint density at radius 3 is 2.41 bits per heavy atom. The quantitative estimate of drug-likeness (QED) is 0.859. The molecule has 0 fully saturated rings. The van der Waals surface area contributed by atoms with E-state index in [2.05, 4.69) is 5.32 Å². The average Bonchev–Trinajstić information content (AvgIpc) is 2.49. The molecule has 0 bridgehead atoms. The molecule has 0 aliphatic heterocycles. The third-order valence-corrected chi connectivity index (χ3v) is 4.24. The molecular formula is C17H20NO4-. The summed E-state index contributed by atoms with van der Waals surface area (Å²) in [5, 5.41) is 14.1. The Morgan fingerprint density at radius 2 is 1.82 bits per heavy atom. The number of methoxy groups -OCH3 is 1. The molecule has 0 saturated heterocycles. The van der Waals surface area contributed by atoms with Gasteiger partial charge >= 0.3 is 0 Å². The number of carbonyl (C=O) groups excluding carboxylic acids is 2. The molecule has 2 atom stereocenters. The number of benzene rings is 1. The Hall–Kier alpha value is -2.30. The van der Waals surface area contributed by atoms with E-state index in [9.17, 15) is 14.7 Å². The number of anilines is 1. The lowest BCUT2D eigenvalue weighted by molar-refractivity contribution is -0.313. The van der Waals surface area contributed by atoms with E-state index in [1.54, 1.807) is 31.4 Å². The molecule has 0 unspecified atom stereocenters. The Labute approximate surface area is 130 Å². The van der Waals surface area contributed by atoms with Crippen molar-refractivity contribution >= 4 is 17.6 Å². The summed E-state index contributed by atoms with van der Waals surface area (Å²) in [5.41, 5.74) is 2.69. The first-order valence-electron chi connectivity index (χ1n) is 7.23. The summed E-state index contributed by atoms with van der Waals surface area (Å²) in [7, 11) is 1.55. The molecule has 1 aliphatic rings. The van der Waals surface area contributed by atoms with Gasteiger partial charge in [0.25, 0.3) is 0 Å². The van der Waals surface area contributed by atoms with Crippen LogP contribution in [0.2, 0.25) is 0 Å². The van der Waals surface area contributed by atoms with Gasteiger partial charge in [-0.25, -0.2) is 0 Å². The fraction of sp³-hybridized carbons (Fsp3) is 0.412. The van der Waals surface area contributed by atoms with E-state index in [1.165, 1.54) is 0 Å². The minimum atomic E-state index is -1.17. The van der Waals surface area contributed by atoms with Crippen LogP contribution in [-0.4, -0.2) is 19.0 Å². The van der Waals surface area contributed by atoms with E-state index in [4.69, 9.17) is 4.74 Å². The average molecular weight is 302 g/mol. The van der Waals surface area contributed by atoms with Crippen LogP contribution >= 0.6 is 0 Å². The summed E-state index contributed by atoms with van der Waals surface area (Å²) in [6.07, 6.45) is 0.810. The largest absolute Gasteiger partial charge is 0.550 e. The Bertz CT molecular complexity index is 621. The van der Waals surface area contributed by atoms with Gasteiger partial charge in [0.15, 0.2) is 0 Å². The second-order valence-electron chi connectivity index (χ2n) is 5.72. The van der Waals surface area contributed by atoms with Crippen LogP contribution in [0.25, 0.3) is 0 Å². The van der Waals surface area contributed by atoms with Gasteiger partial charge in [-0.05, 0) is 38.8 Å². The molecule has 0 saturated carbocycles. The summed E-state index contributed by atoms with van der Waals surface area (Å²) in [5.74, 6) is -2.23. The molecule has 1 aliphatic carbocycles. The summed E-state index contributed by atoms with van der Waals surface area (Å²) < 4.78 is 5.11. The van der Waals surface area contributed by atoms with Crippen molar-refractivity contribution in [3.05, 3.63) is 35.4 Å². The van der Waals surface area contributed by atoms with Crippen molar-refractivity contribution in [3.63, 3.8) is 0 Å². The number of rotatable bonds is 4. The predicted molar refractivity (Wildman–Crippen MR) is 81.2 cm³/mol. The summed E-state index contributed by atoms with van der Waals surface area (Å²) >= 11 is 0. The lowest BCUT2D eigenvalue weighted by atomic mass is 9.76. The number of carboxylic acid groups (broad SMARTS) is 1. The number of amides is 1. The normalized spacial score (nSPS) is 21.4. The third kappa shape index (κ3) is 3.47. The number of carboxylic acids is 1. The van der Waals surface area contributed by atoms with E-state index in [0.717, 1.165) is 11.1 Å². The molecule has 1 N–H and O–H groups in total. The number of carbonyl (C=O) groups is 2. The minimum Gasteiger partial charge on any atom is -0.550 e. The molecule has 1 aromatic carbocycles. The van der Waals surface area contributed by atoms with Gasteiger partial charge in [0, 0.05) is 23.6 Å². The zero-order valence-corrected chi connectivity index (χ0v) is 13.0. The Kier molecular flexibility index (Phi) is 4.85. The Morgan fingerprint density at radius 1 is 1.18 bits per heavy atom. The predicted octanol–water partition coefficient (Wildman–Crippen LogP) is 1.75. The monoisotopic (exact) mass is 302 g/mol. The van der Waals surface area contributed by atoms with Crippen LogP contribution in [0.1, 0.15) is 26.7 Å². The number of allylic oxidation sites excluding steroid dienone is 2. The van der Waals surface area contributed by atoms with Crippen molar-refractivity contribution in [1.82, 2.24) is 0 Å². The van der Waals surface area contributed by atoms with Crippen LogP contribution in [0.4, 0.5) is 5.69 Å². The molecule has 5 nitrogen and oxygen atoms in total. The van der Waals surface area contributed by atoms with Gasteiger partial charge in [-0.3, -0.25) is 4.79 Å². The van der Waals surface area contributed by atoms with E-state index in [1.807, 2.05) is 13.8 Å². The molecule has 1 aromatic rings. The maximum absolute atomic E-state index is 12.5. The lowest BCUT2D eigenvalue weighted by Crippen LogP contribution is -2.42. The number of hydrogen-bond acceptors (Lipinski definition) is 4. The highest BCUT2D eigenvalue weighted by Crippen LogP contribution is 2.34. The first kappa shape index (κ1) is 16.1. The maximum Gasteiger partial charge on any atom is 0.228 e. The first-order chi connectivity index (χ1) is 10.4. The van der Waals surface area contributed by atoms with Gasteiger partial charge in [-0.15, -0.1) is 0 Å². The topological polar surface area (TPSA) is 78.5 Å². The van der Waals surface area contributed by atoms with Crippen LogP contribution in [0, 0.1) is 11.8 Å². The second-order valence-corrected chi connectivity index (χ2v) is 5.72. The fourth-order valence-corrected chi connectivity index (χ4v) is 2.75. The van der Waals surface area contributed by atoms with Crippen molar-refractivity contribution in [2.75, 3.05) is 12.4 Å². The van der Waals surface area contributed by atoms with Crippen molar-refractivity contribution < 1.29 is 19.4 Å². The van der Waals surface area contributed by atoms with Crippen molar-refractivity contribution in [2.24, 2.45) is 11.8 Å². The van der Waals surface area contributed by atoms with Gasteiger partial charge in [0.05, 0.1) is 13.0 Å². The van der Waals surface area contributed by atoms with Crippen LogP contribution in [0.15, 0.2) is 35.4 Å². The van der Waals surface area contributed by atoms with Crippen molar-refractivity contribution in [1.29, 1.82) is 0 Å². The lowest BCUT2D eigenvalue weighted by Gasteiger charge is -2.32. The molecule has 2 rings (SSSR count). The number of nitrogens with one attached hydrogen (secondary N) is 1. The zero-order valence-electron chi connectivity index (χ0n) is 13.0. The molecular weight excluding hydrogens is 282 g/mol. The zero-order chi connectivity index (χ0) is 16.3. The summed E-state index contributed by atoms with van der Waals surface area (Å²) in [4.78, 5) is 23.8. The highest BCUT2D eigenvalue weighted by molar-refractivity contribution is 5.95. The van der Waals surface area contributed by atoms with Gasteiger partial charge in [0.1, 0.15) is 5.75 Å². The van der Waals surface area contributed by atoms with Crippen LogP contribution in [0.5, 0.6) is 5.75 Å². The molecule has 0 radical (unpaired) electrons. The van der Waals surface area contributed by atoms with Gasteiger partial charge < -0.3 is 20.0 Å². The molecule has 0 aromatic heterocycles. The fourth-order valence-electron chi connectivity index (χ4n) is 2.75. The maximum atomic E-state index is 12.5. The molecule has 22 heavy (non-hydrogen) atoms. The highest BCUT2D eigenvalue weighted by Gasteiger charge is 2.33. The molecule has 118 valence electrons. The van der Waals surface area contributed by atoms with Gasteiger partial charge in [0.2, 0.25) is 5.91 Å². The number of aliphatic carboxylic acids is 1.